The second-order valence-corrected chi connectivity index (χ2v) is 4.96. The molecule has 0 radical (unpaired) electrons. The number of ether oxygens (including phenoxy) is 1. The third kappa shape index (κ3) is 9.89. The Balaban J connectivity index is 0.00000484. The van der Waals surface area contributed by atoms with Gasteiger partial charge in [0.05, 0.1) is 19.1 Å². The van der Waals surface area contributed by atoms with Gasteiger partial charge in [0, 0.05) is 33.7 Å². The first-order valence-electron chi connectivity index (χ1n) is 7.42. The van der Waals surface area contributed by atoms with Crippen LogP contribution in [0.2, 0.25) is 0 Å². The van der Waals surface area contributed by atoms with Crippen molar-refractivity contribution in [2.45, 2.75) is 19.4 Å². The highest BCUT2D eigenvalue weighted by atomic mass is 35.5. The molecule has 1 rings (SSSR count). The van der Waals surface area contributed by atoms with Gasteiger partial charge in [-0.3, -0.25) is 9.59 Å². The number of carbonyl (C=O) groups excluding carboxylic acids is 2. The summed E-state index contributed by atoms with van der Waals surface area (Å²) in [5, 5.41) is 8.80. The number of methoxy groups -OCH3 is 1. The fraction of sp³-hybridized carbons (Fsp3) is 0.500. The Labute approximate surface area is 143 Å². The Morgan fingerprint density at radius 2 is 1.83 bits per heavy atom. The minimum Gasteiger partial charge on any atom is -0.383 e. The van der Waals surface area contributed by atoms with E-state index in [0.717, 1.165) is 12.1 Å². The van der Waals surface area contributed by atoms with E-state index in [1.165, 1.54) is 6.92 Å². The first-order valence-corrected chi connectivity index (χ1v) is 7.42. The quantitative estimate of drug-likeness (QED) is 0.554. The van der Waals surface area contributed by atoms with Crippen LogP contribution in [0.3, 0.4) is 0 Å². The Morgan fingerprint density at radius 3 is 2.43 bits per heavy atom. The van der Waals surface area contributed by atoms with Gasteiger partial charge in [0.2, 0.25) is 11.8 Å². The molecule has 23 heavy (non-hydrogen) atoms. The van der Waals surface area contributed by atoms with Crippen LogP contribution >= 0.6 is 12.4 Å². The SMILES string of the molecule is COCCNCCNC(=O)CC(NC(C)=O)c1ccccc1.Cl. The Hall–Kier alpha value is -1.63. The molecule has 130 valence electrons. The largest absolute Gasteiger partial charge is 0.383 e. The normalized spacial score (nSPS) is 11.2. The number of amides is 2. The van der Waals surface area contributed by atoms with Crippen LogP contribution < -0.4 is 16.0 Å². The smallest absolute Gasteiger partial charge is 0.222 e. The number of nitrogens with one attached hydrogen (secondary N) is 3. The van der Waals surface area contributed by atoms with E-state index < -0.39 is 0 Å². The molecule has 6 nitrogen and oxygen atoms in total. The zero-order valence-electron chi connectivity index (χ0n) is 13.6. The van der Waals surface area contributed by atoms with E-state index >= 15 is 0 Å². The molecule has 0 aromatic heterocycles. The van der Waals surface area contributed by atoms with E-state index in [1.54, 1.807) is 7.11 Å². The average Bonchev–Trinajstić information content (AvgIpc) is 2.50. The van der Waals surface area contributed by atoms with Gasteiger partial charge in [-0.25, -0.2) is 0 Å². The summed E-state index contributed by atoms with van der Waals surface area (Å²) in [6.07, 6.45) is 0.224. The van der Waals surface area contributed by atoms with Crippen molar-refractivity contribution in [2.24, 2.45) is 0 Å². The molecule has 1 aromatic rings. The standard InChI is InChI=1S/C16H25N3O3.ClH/c1-13(20)19-15(14-6-4-3-5-7-14)12-16(21)18-9-8-17-10-11-22-2;/h3-7,15,17H,8-12H2,1-2H3,(H,18,21)(H,19,20);1H. The summed E-state index contributed by atoms with van der Waals surface area (Å²) in [4.78, 5) is 23.3. The highest BCUT2D eigenvalue weighted by Gasteiger charge is 2.16. The van der Waals surface area contributed by atoms with Crippen LogP contribution in [-0.2, 0) is 14.3 Å². The molecule has 0 aliphatic carbocycles. The third-order valence-corrected chi connectivity index (χ3v) is 3.08. The van der Waals surface area contributed by atoms with Crippen molar-refractivity contribution in [2.75, 3.05) is 33.4 Å². The molecule has 0 heterocycles. The van der Waals surface area contributed by atoms with E-state index in [0.29, 0.717) is 19.7 Å². The summed E-state index contributed by atoms with van der Waals surface area (Å²) >= 11 is 0. The maximum absolute atomic E-state index is 12.0. The molecule has 0 bridgehead atoms. The average molecular weight is 344 g/mol. The van der Waals surface area contributed by atoms with Crippen LogP contribution in [0.15, 0.2) is 30.3 Å². The highest BCUT2D eigenvalue weighted by Crippen LogP contribution is 2.16. The molecular weight excluding hydrogens is 318 g/mol. The summed E-state index contributed by atoms with van der Waals surface area (Å²) < 4.78 is 4.92. The summed E-state index contributed by atoms with van der Waals surface area (Å²) in [7, 11) is 1.65. The second-order valence-electron chi connectivity index (χ2n) is 4.96. The number of hydrogen-bond donors (Lipinski definition) is 3. The Bertz CT molecular complexity index is 457. The molecule has 2 amide bonds. The summed E-state index contributed by atoms with van der Waals surface area (Å²) in [5.74, 6) is -0.237. The van der Waals surface area contributed by atoms with Crippen LogP contribution in [0.1, 0.15) is 24.9 Å². The Kier molecular flexibility index (Phi) is 12.0. The number of hydrogen-bond acceptors (Lipinski definition) is 4. The van der Waals surface area contributed by atoms with E-state index in [4.69, 9.17) is 4.74 Å². The number of benzene rings is 1. The van der Waals surface area contributed by atoms with Gasteiger partial charge < -0.3 is 20.7 Å². The minimum absolute atomic E-state index is 0. The molecule has 0 aliphatic rings. The predicted molar refractivity (Wildman–Crippen MR) is 92.6 cm³/mol. The van der Waals surface area contributed by atoms with Crippen molar-refractivity contribution < 1.29 is 14.3 Å². The first-order chi connectivity index (χ1) is 10.6. The topological polar surface area (TPSA) is 79.5 Å². The molecule has 7 heteroatoms. The highest BCUT2D eigenvalue weighted by molar-refractivity contribution is 5.85. The second kappa shape index (κ2) is 12.9. The number of halogens is 1. The molecule has 0 saturated heterocycles. The molecule has 0 fully saturated rings. The molecule has 1 atom stereocenters. The van der Waals surface area contributed by atoms with Crippen molar-refractivity contribution in [3.63, 3.8) is 0 Å². The summed E-state index contributed by atoms with van der Waals surface area (Å²) in [6, 6.07) is 9.18. The number of rotatable bonds is 10. The van der Waals surface area contributed by atoms with Gasteiger partial charge in [0.15, 0.2) is 0 Å². The summed E-state index contributed by atoms with van der Waals surface area (Å²) in [5.41, 5.74) is 0.922. The molecular formula is C16H26ClN3O3. The van der Waals surface area contributed by atoms with Crippen molar-refractivity contribution in [3.05, 3.63) is 35.9 Å². The van der Waals surface area contributed by atoms with Crippen molar-refractivity contribution >= 4 is 24.2 Å². The molecule has 1 unspecified atom stereocenters. The van der Waals surface area contributed by atoms with Gasteiger partial charge in [-0.2, -0.15) is 0 Å². The molecule has 0 spiro atoms. The van der Waals surface area contributed by atoms with Gasteiger partial charge in [0.1, 0.15) is 0 Å². The lowest BCUT2D eigenvalue weighted by atomic mass is 10.0. The fourth-order valence-corrected chi connectivity index (χ4v) is 2.03. The lowest BCUT2D eigenvalue weighted by Crippen LogP contribution is -2.36. The van der Waals surface area contributed by atoms with E-state index in [1.807, 2.05) is 30.3 Å². The minimum atomic E-state index is -0.305. The number of carbonyl (C=O) groups is 2. The molecule has 0 saturated carbocycles. The molecule has 3 N–H and O–H groups in total. The van der Waals surface area contributed by atoms with Gasteiger partial charge in [-0.15, -0.1) is 12.4 Å². The zero-order chi connectivity index (χ0) is 16.2. The van der Waals surface area contributed by atoms with Gasteiger partial charge in [-0.1, -0.05) is 30.3 Å². The third-order valence-electron chi connectivity index (χ3n) is 3.08. The van der Waals surface area contributed by atoms with Crippen LogP contribution in [0.5, 0.6) is 0 Å². The lowest BCUT2D eigenvalue weighted by molar-refractivity contribution is -0.122. The zero-order valence-corrected chi connectivity index (χ0v) is 14.4. The Morgan fingerprint density at radius 1 is 1.13 bits per heavy atom. The predicted octanol–water partition coefficient (Wildman–Crippen LogP) is 1.03. The monoisotopic (exact) mass is 343 g/mol. The van der Waals surface area contributed by atoms with Crippen LogP contribution in [0, 0.1) is 0 Å². The van der Waals surface area contributed by atoms with Crippen molar-refractivity contribution in [1.29, 1.82) is 0 Å². The summed E-state index contributed by atoms with van der Waals surface area (Å²) in [6.45, 7) is 4.08. The van der Waals surface area contributed by atoms with E-state index in [9.17, 15) is 9.59 Å². The van der Waals surface area contributed by atoms with Crippen LogP contribution in [0.4, 0.5) is 0 Å². The lowest BCUT2D eigenvalue weighted by Gasteiger charge is -2.18. The first kappa shape index (κ1) is 21.4. The van der Waals surface area contributed by atoms with Crippen molar-refractivity contribution in [3.8, 4) is 0 Å². The van der Waals surface area contributed by atoms with Gasteiger partial charge >= 0.3 is 0 Å². The van der Waals surface area contributed by atoms with Crippen LogP contribution in [0.25, 0.3) is 0 Å². The maximum atomic E-state index is 12.0. The molecule has 1 aromatic carbocycles. The van der Waals surface area contributed by atoms with Crippen molar-refractivity contribution in [1.82, 2.24) is 16.0 Å². The van der Waals surface area contributed by atoms with E-state index in [2.05, 4.69) is 16.0 Å². The molecule has 0 aliphatic heterocycles. The van der Waals surface area contributed by atoms with E-state index in [-0.39, 0.29) is 36.7 Å². The van der Waals surface area contributed by atoms with Crippen LogP contribution in [-0.4, -0.2) is 45.2 Å². The van der Waals surface area contributed by atoms with Gasteiger partial charge in [-0.05, 0) is 5.56 Å². The van der Waals surface area contributed by atoms with Gasteiger partial charge in [0.25, 0.3) is 0 Å². The maximum Gasteiger partial charge on any atom is 0.222 e. The fourth-order valence-electron chi connectivity index (χ4n) is 2.03.